The fraction of sp³-hybridized carbons (Fsp3) is 0.880. The van der Waals surface area contributed by atoms with Crippen molar-refractivity contribution in [1.29, 1.82) is 0 Å². The van der Waals surface area contributed by atoms with E-state index in [0.29, 0.717) is 30.8 Å². The summed E-state index contributed by atoms with van der Waals surface area (Å²) < 4.78 is 67.8. The van der Waals surface area contributed by atoms with Crippen molar-refractivity contribution >= 4 is 11.8 Å². The largest absolute Gasteiger partial charge is 0.297 e. The highest BCUT2D eigenvalue weighted by atomic mass is 19.2. The van der Waals surface area contributed by atoms with Crippen LogP contribution < -0.4 is 4.90 Å². The van der Waals surface area contributed by atoms with Crippen LogP contribution in [-0.2, 0) is 0 Å². The summed E-state index contributed by atoms with van der Waals surface area (Å²) in [6, 6.07) is 0. The number of hydrogen-bond acceptors (Lipinski definition) is 0. The lowest BCUT2D eigenvalue weighted by Gasteiger charge is -2.41. The Balaban J connectivity index is 0.00000115. The molecule has 0 heterocycles. The highest BCUT2D eigenvalue weighted by molar-refractivity contribution is 6.79. The molecule has 0 saturated carbocycles. The normalized spacial score (nSPS) is 12.3. The molecule has 0 saturated heterocycles. The first-order valence-electron chi connectivity index (χ1n) is 25.3. The van der Waals surface area contributed by atoms with Crippen molar-refractivity contribution in [2.45, 2.75) is 272 Å². The third-order valence-corrected chi connectivity index (χ3v) is 12.9. The van der Waals surface area contributed by atoms with Crippen LogP contribution in [0.4, 0.5) is 27.6 Å². The van der Waals surface area contributed by atoms with Gasteiger partial charge < -0.3 is 0 Å². The van der Waals surface area contributed by atoms with E-state index in [2.05, 4.69) is 34.6 Å². The van der Waals surface area contributed by atoms with Crippen LogP contribution in [0.25, 0.3) is 0 Å². The SMILES string of the molecule is CCCCCCCCC[NH+](CCC)c1c(F)c(F)c(F)c(F)c1F.CCCCCCCC[B-](CCCCCCCC)(CCCCCCCC)CCCCCCCC. The summed E-state index contributed by atoms with van der Waals surface area (Å²) in [5.74, 6) is -9.25. The van der Waals surface area contributed by atoms with Crippen LogP contribution >= 0.6 is 0 Å². The Hall–Kier alpha value is -1.11. The molecule has 0 aliphatic rings. The molecular weight excluding hydrogens is 720 g/mol. The van der Waals surface area contributed by atoms with Crippen molar-refractivity contribution in [3.63, 3.8) is 0 Å². The molecule has 1 nitrogen and oxygen atoms in total. The second-order valence-corrected chi connectivity index (χ2v) is 18.1. The smallest absolute Gasteiger partial charge is 0.225 e. The minimum atomic E-state index is -2.10. The molecular formula is C50H95BF5N. The first-order chi connectivity index (χ1) is 27.7. The molecule has 0 aliphatic heterocycles. The van der Waals surface area contributed by atoms with Crippen LogP contribution in [0.1, 0.15) is 247 Å². The van der Waals surface area contributed by atoms with Crippen LogP contribution in [-0.4, -0.2) is 19.2 Å². The molecule has 0 amide bonds. The lowest BCUT2D eigenvalue weighted by molar-refractivity contribution is -0.835. The van der Waals surface area contributed by atoms with E-state index in [9.17, 15) is 22.0 Å². The molecule has 1 aromatic carbocycles. The number of hydrogen-bond donors (Lipinski definition) is 1. The molecule has 0 aliphatic carbocycles. The van der Waals surface area contributed by atoms with Gasteiger partial charge in [0.25, 0.3) is 0 Å². The van der Waals surface area contributed by atoms with E-state index in [0.717, 1.165) is 25.7 Å². The number of benzene rings is 1. The van der Waals surface area contributed by atoms with Crippen molar-refractivity contribution in [2.24, 2.45) is 0 Å². The van der Waals surface area contributed by atoms with Crippen LogP contribution in [0.5, 0.6) is 0 Å². The minimum Gasteiger partial charge on any atom is -0.297 e. The average molecular weight is 816 g/mol. The quantitative estimate of drug-likeness (QED) is 0.0222. The Kier molecular flexibility index (Phi) is 38.3. The van der Waals surface area contributed by atoms with E-state index >= 15 is 0 Å². The second kappa shape index (κ2) is 39.1. The lowest BCUT2D eigenvalue weighted by Crippen LogP contribution is -3.07. The number of rotatable bonds is 39. The molecule has 0 radical (unpaired) electrons. The highest BCUT2D eigenvalue weighted by Gasteiger charge is 2.32. The summed E-state index contributed by atoms with van der Waals surface area (Å²) in [6.45, 7) is 14.0. The fourth-order valence-electron chi connectivity index (χ4n) is 9.18. The summed E-state index contributed by atoms with van der Waals surface area (Å²) in [4.78, 5) is 0.318. The Morgan fingerprint density at radius 3 is 0.807 bits per heavy atom. The Morgan fingerprint density at radius 2 is 0.526 bits per heavy atom. The predicted molar refractivity (Wildman–Crippen MR) is 243 cm³/mol. The van der Waals surface area contributed by atoms with E-state index < -0.39 is 34.8 Å². The molecule has 338 valence electrons. The van der Waals surface area contributed by atoms with E-state index in [1.165, 1.54) is 167 Å². The maximum atomic E-state index is 13.9. The summed E-state index contributed by atoms with van der Waals surface area (Å²) >= 11 is 0. The summed E-state index contributed by atoms with van der Waals surface area (Å²) in [5.41, 5.74) is -0.723. The van der Waals surface area contributed by atoms with E-state index in [-0.39, 0.29) is 6.15 Å². The lowest BCUT2D eigenvalue weighted by atomic mass is 9.17. The van der Waals surface area contributed by atoms with Crippen molar-refractivity contribution in [3.8, 4) is 0 Å². The molecule has 1 unspecified atom stereocenters. The predicted octanol–water partition coefficient (Wildman–Crippen LogP) is 17.9. The zero-order valence-electron chi connectivity index (χ0n) is 38.8. The molecule has 57 heavy (non-hydrogen) atoms. The molecule has 1 aromatic rings. The molecule has 0 spiro atoms. The minimum absolute atomic E-state index is 0.104. The monoisotopic (exact) mass is 816 g/mol. The molecule has 7 heteroatoms. The van der Waals surface area contributed by atoms with Gasteiger partial charge in [-0.05, 0) is 19.3 Å². The van der Waals surface area contributed by atoms with Crippen LogP contribution in [0.3, 0.4) is 0 Å². The van der Waals surface area contributed by atoms with Gasteiger partial charge in [-0.2, -0.15) is 34.1 Å². The maximum Gasteiger partial charge on any atom is 0.225 e. The Labute approximate surface area is 352 Å². The standard InChI is InChI=1S/C32H68B.C18H26F5N/c1-5-9-13-17-21-25-29-33(30-26-22-18-14-10-6-2,31-27-23-19-15-11-7-3)32-28-24-20-16-12-8-4;1-3-5-6-7-8-9-10-12-24(11-4-2)18-16(22)14(20)13(19)15(21)17(18)23/h5-32H2,1-4H3;3-12H2,1-2H3/q-1;/p+1. The first-order valence-corrected chi connectivity index (χ1v) is 25.3. The van der Waals surface area contributed by atoms with Gasteiger partial charge in [0.15, 0.2) is 0 Å². The van der Waals surface area contributed by atoms with Crippen molar-refractivity contribution < 1.29 is 26.9 Å². The van der Waals surface area contributed by atoms with Gasteiger partial charge in [-0.1, -0.05) is 228 Å². The van der Waals surface area contributed by atoms with Crippen LogP contribution in [0, 0.1) is 29.1 Å². The number of halogens is 5. The van der Waals surface area contributed by atoms with Gasteiger partial charge in [-0.3, -0.25) is 4.90 Å². The van der Waals surface area contributed by atoms with Gasteiger partial charge in [0, 0.05) is 6.15 Å². The summed E-state index contributed by atoms with van der Waals surface area (Å²) in [5, 5.41) is 0. The molecule has 1 N–H and O–H groups in total. The number of quaternary nitrogens is 1. The second-order valence-electron chi connectivity index (χ2n) is 18.1. The van der Waals surface area contributed by atoms with Crippen LogP contribution in [0.2, 0.25) is 25.3 Å². The molecule has 1 atom stereocenters. The van der Waals surface area contributed by atoms with E-state index in [1.54, 1.807) is 25.3 Å². The number of nitrogens with one attached hydrogen (secondary N) is 1. The molecule has 0 bridgehead atoms. The van der Waals surface area contributed by atoms with Crippen molar-refractivity contribution in [2.75, 3.05) is 13.1 Å². The van der Waals surface area contributed by atoms with Gasteiger partial charge in [-0.15, -0.1) is 0 Å². The van der Waals surface area contributed by atoms with Crippen molar-refractivity contribution in [1.82, 2.24) is 0 Å². The van der Waals surface area contributed by atoms with E-state index in [1.807, 2.05) is 6.92 Å². The maximum absolute atomic E-state index is 13.9. The molecule has 1 rings (SSSR count). The number of unbranched alkanes of at least 4 members (excludes halogenated alkanes) is 26. The van der Waals surface area contributed by atoms with Gasteiger partial charge >= 0.3 is 0 Å². The Morgan fingerprint density at radius 1 is 0.281 bits per heavy atom. The topological polar surface area (TPSA) is 4.44 Å². The first kappa shape index (κ1) is 55.9. The van der Waals surface area contributed by atoms with Crippen molar-refractivity contribution in [3.05, 3.63) is 29.1 Å². The van der Waals surface area contributed by atoms with E-state index in [4.69, 9.17) is 0 Å². The van der Waals surface area contributed by atoms with Crippen LogP contribution in [0.15, 0.2) is 0 Å². The third kappa shape index (κ3) is 27.4. The van der Waals surface area contributed by atoms with Gasteiger partial charge in [-0.25, -0.2) is 13.2 Å². The zero-order valence-corrected chi connectivity index (χ0v) is 38.8. The highest BCUT2D eigenvalue weighted by Crippen LogP contribution is 2.35. The fourth-order valence-corrected chi connectivity index (χ4v) is 9.18. The average Bonchev–Trinajstić information content (AvgIpc) is 3.21. The Bertz CT molecular complexity index is 938. The third-order valence-electron chi connectivity index (χ3n) is 12.9. The molecule has 0 fully saturated rings. The summed E-state index contributed by atoms with van der Waals surface area (Å²) in [6.07, 6.45) is 49.5. The summed E-state index contributed by atoms with van der Waals surface area (Å²) in [7, 11) is 0. The molecule has 0 aromatic heterocycles. The van der Waals surface area contributed by atoms with Gasteiger partial charge in [0.1, 0.15) is 0 Å². The van der Waals surface area contributed by atoms with Gasteiger partial charge in [0.05, 0.1) is 13.1 Å². The van der Waals surface area contributed by atoms with Gasteiger partial charge in [0.2, 0.25) is 34.8 Å². The zero-order chi connectivity index (χ0) is 42.4.